The number of hydrogen-bond donors (Lipinski definition) is 3. The van der Waals surface area contributed by atoms with Crippen molar-refractivity contribution in [3.05, 3.63) is 23.8 Å². The van der Waals surface area contributed by atoms with Crippen molar-refractivity contribution >= 4 is 12.4 Å². The topological polar surface area (TPSA) is 81.5 Å². The minimum absolute atomic E-state index is 0. The van der Waals surface area contributed by atoms with Crippen molar-refractivity contribution in [2.24, 2.45) is 11.5 Å². The predicted octanol–water partition coefficient (Wildman–Crippen LogP) is 1.95. The zero-order valence-corrected chi connectivity index (χ0v) is 10.9. The smallest absolute Gasteiger partial charge is 0.162 e. The molecule has 1 atom stereocenters. The van der Waals surface area contributed by atoms with Crippen molar-refractivity contribution in [3.63, 3.8) is 0 Å². The summed E-state index contributed by atoms with van der Waals surface area (Å²) < 4.78 is 5.30. The zero-order chi connectivity index (χ0) is 12.0. The Bertz CT molecular complexity index is 334. The Hall–Kier alpha value is -0.970. The Morgan fingerprint density at radius 3 is 2.71 bits per heavy atom. The van der Waals surface area contributed by atoms with E-state index in [1.54, 1.807) is 6.07 Å². The molecule has 1 aromatic rings. The Kier molecular flexibility index (Phi) is 7.70. The molecule has 0 unspecified atom stereocenters. The van der Waals surface area contributed by atoms with Gasteiger partial charge in [0.15, 0.2) is 11.5 Å². The largest absolute Gasteiger partial charge is 0.504 e. The van der Waals surface area contributed by atoms with Gasteiger partial charge < -0.3 is 21.3 Å². The predicted molar refractivity (Wildman–Crippen MR) is 71.7 cm³/mol. The minimum atomic E-state index is -0.191. The summed E-state index contributed by atoms with van der Waals surface area (Å²) in [5.74, 6) is 0.636. The van der Waals surface area contributed by atoms with Crippen LogP contribution < -0.4 is 16.2 Å². The minimum Gasteiger partial charge on any atom is -0.504 e. The third-order valence-electron chi connectivity index (χ3n) is 2.45. The Labute approximate surface area is 108 Å². The number of para-hydroxylation sites is 1. The first-order valence-electron chi connectivity index (χ1n) is 5.61. The van der Waals surface area contributed by atoms with Gasteiger partial charge in [-0.25, -0.2) is 0 Å². The molecule has 1 aromatic carbocycles. The van der Waals surface area contributed by atoms with Crippen LogP contribution in [0, 0.1) is 0 Å². The van der Waals surface area contributed by atoms with Crippen molar-refractivity contribution in [1.29, 1.82) is 0 Å². The normalized spacial score (nSPS) is 11.7. The molecule has 0 aliphatic carbocycles. The molecule has 0 spiro atoms. The molecule has 4 nitrogen and oxygen atoms in total. The number of ether oxygens (including phenoxy) is 1. The van der Waals surface area contributed by atoms with Crippen LogP contribution in [0.25, 0.3) is 0 Å². The van der Waals surface area contributed by atoms with Gasteiger partial charge in [-0.1, -0.05) is 12.1 Å². The quantitative estimate of drug-likeness (QED) is 0.730. The maximum atomic E-state index is 9.95. The van der Waals surface area contributed by atoms with Crippen molar-refractivity contribution in [1.82, 2.24) is 0 Å². The molecule has 0 aliphatic heterocycles. The second kappa shape index (κ2) is 8.17. The number of halogens is 1. The summed E-state index contributed by atoms with van der Waals surface area (Å²) in [4.78, 5) is 0. The highest BCUT2D eigenvalue weighted by atomic mass is 35.5. The van der Waals surface area contributed by atoms with E-state index in [1.165, 1.54) is 0 Å². The molecule has 98 valence electrons. The van der Waals surface area contributed by atoms with Crippen LogP contribution in [0.3, 0.4) is 0 Å². The van der Waals surface area contributed by atoms with Crippen LogP contribution >= 0.6 is 12.4 Å². The van der Waals surface area contributed by atoms with Gasteiger partial charge in [-0.2, -0.15) is 0 Å². The van der Waals surface area contributed by atoms with E-state index in [4.69, 9.17) is 16.2 Å². The van der Waals surface area contributed by atoms with E-state index in [1.807, 2.05) is 19.1 Å². The first kappa shape index (κ1) is 16.0. The molecule has 0 saturated carbocycles. The molecule has 5 N–H and O–H groups in total. The number of aromatic hydroxyl groups is 1. The molecule has 17 heavy (non-hydrogen) atoms. The average Bonchev–Trinajstić information content (AvgIpc) is 2.29. The number of nitrogens with two attached hydrogens (primary N) is 2. The fourth-order valence-electron chi connectivity index (χ4n) is 1.60. The van der Waals surface area contributed by atoms with Gasteiger partial charge in [0, 0.05) is 11.6 Å². The third kappa shape index (κ3) is 4.42. The molecular formula is C12H21ClN2O2. The van der Waals surface area contributed by atoms with E-state index in [-0.39, 0.29) is 24.2 Å². The fraction of sp³-hybridized carbons (Fsp3) is 0.500. The Morgan fingerprint density at radius 1 is 1.41 bits per heavy atom. The number of hydrogen-bond acceptors (Lipinski definition) is 4. The lowest BCUT2D eigenvalue weighted by Crippen LogP contribution is -2.13. The Balaban J connectivity index is 0.00000256. The molecule has 1 rings (SSSR count). The fourth-order valence-corrected chi connectivity index (χ4v) is 1.60. The van der Waals surface area contributed by atoms with Crippen LogP contribution in [0.2, 0.25) is 0 Å². The van der Waals surface area contributed by atoms with E-state index < -0.39 is 0 Å². The molecule has 0 heterocycles. The number of phenols is 1. The van der Waals surface area contributed by atoms with Crippen molar-refractivity contribution in [3.8, 4) is 11.5 Å². The molecule has 0 amide bonds. The van der Waals surface area contributed by atoms with Gasteiger partial charge in [-0.05, 0) is 32.4 Å². The number of rotatable bonds is 6. The lowest BCUT2D eigenvalue weighted by molar-refractivity contribution is 0.315. The standard InChI is InChI=1S/C12H20N2O2.ClH/c1-2-16-11-7-3-5-9(12(11)15)10(14)6-4-8-13;/h3,5,7,10,15H,2,4,6,8,13-14H2,1H3;1H/t10-;/m0./s1. The summed E-state index contributed by atoms with van der Waals surface area (Å²) in [5, 5.41) is 9.95. The maximum Gasteiger partial charge on any atom is 0.162 e. The summed E-state index contributed by atoms with van der Waals surface area (Å²) in [6.07, 6.45) is 1.61. The van der Waals surface area contributed by atoms with E-state index >= 15 is 0 Å². The monoisotopic (exact) mass is 260 g/mol. The summed E-state index contributed by atoms with van der Waals surface area (Å²) in [7, 11) is 0. The van der Waals surface area contributed by atoms with E-state index in [0.29, 0.717) is 18.9 Å². The molecule has 0 aliphatic rings. The molecule has 0 bridgehead atoms. The number of phenolic OH excluding ortho intramolecular Hbond substituents is 1. The SMILES string of the molecule is CCOc1cccc([C@@H](N)CCCN)c1O.Cl. The lowest BCUT2D eigenvalue weighted by atomic mass is 10.0. The van der Waals surface area contributed by atoms with E-state index in [2.05, 4.69) is 0 Å². The van der Waals surface area contributed by atoms with E-state index in [9.17, 15) is 5.11 Å². The maximum absolute atomic E-state index is 9.95. The molecule has 5 heteroatoms. The van der Waals surface area contributed by atoms with E-state index in [0.717, 1.165) is 18.4 Å². The van der Waals surface area contributed by atoms with Gasteiger partial charge in [0.25, 0.3) is 0 Å². The molecular weight excluding hydrogens is 240 g/mol. The van der Waals surface area contributed by atoms with Gasteiger partial charge in [0.05, 0.1) is 6.61 Å². The van der Waals surface area contributed by atoms with Crippen LogP contribution in [0.5, 0.6) is 11.5 Å². The molecule has 0 fully saturated rings. The molecule has 0 radical (unpaired) electrons. The average molecular weight is 261 g/mol. The zero-order valence-electron chi connectivity index (χ0n) is 10.1. The lowest BCUT2D eigenvalue weighted by Gasteiger charge is -2.15. The van der Waals surface area contributed by atoms with Crippen molar-refractivity contribution < 1.29 is 9.84 Å². The highest BCUT2D eigenvalue weighted by Gasteiger charge is 2.13. The highest BCUT2D eigenvalue weighted by molar-refractivity contribution is 5.85. The van der Waals surface area contributed by atoms with Gasteiger partial charge in [0.1, 0.15) is 0 Å². The third-order valence-corrected chi connectivity index (χ3v) is 2.45. The Morgan fingerprint density at radius 2 is 2.12 bits per heavy atom. The van der Waals surface area contributed by atoms with Crippen LogP contribution in [0.4, 0.5) is 0 Å². The highest BCUT2D eigenvalue weighted by Crippen LogP contribution is 2.34. The van der Waals surface area contributed by atoms with Gasteiger partial charge in [-0.15, -0.1) is 12.4 Å². The molecule has 0 saturated heterocycles. The van der Waals surface area contributed by atoms with Gasteiger partial charge >= 0.3 is 0 Å². The summed E-state index contributed by atoms with van der Waals surface area (Å²) in [5.41, 5.74) is 12.1. The summed E-state index contributed by atoms with van der Waals surface area (Å²) in [6, 6.07) is 5.20. The van der Waals surface area contributed by atoms with Crippen LogP contribution in [-0.2, 0) is 0 Å². The first-order valence-corrected chi connectivity index (χ1v) is 5.61. The number of benzene rings is 1. The second-order valence-corrected chi connectivity index (χ2v) is 3.66. The second-order valence-electron chi connectivity index (χ2n) is 3.66. The van der Waals surface area contributed by atoms with Crippen LogP contribution in [0.15, 0.2) is 18.2 Å². The van der Waals surface area contributed by atoms with Crippen molar-refractivity contribution in [2.45, 2.75) is 25.8 Å². The van der Waals surface area contributed by atoms with Gasteiger partial charge in [-0.3, -0.25) is 0 Å². The summed E-state index contributed by atoms with van der Waals surface area (Å²) in [6.45, 7) is 3.01. The summed E-state index contributed by atoms with van der Waals surface area (Å²) >= 11 is 0. The van der Waals surface area contributed by atoms with Crippen LogP contribution in [0.1, 0.15) is 31.4 Å². The van der Waals surface area contributed by atoms with Crippen molar-refractivity contribution in [2.75, 3.05) is 13.2 Å². The van der Waals surface area contributed by atoms with Gasteiger partial charge in [0.2, 0.25) is 0 Å². The molecule has 0 aromatic heterocycles. The first-order chi connectivity index (χ1) is 7.70. The van der Waals surface area contributed by atoms with Crippen LogP contribution in [-0.4, -0.2) is 18.3 Å².